The van der Waals surface area contributed by atoms with Crippen molar-refractivity contribution in [3.8, 4) is 123 Å². The van der Waals surface area contributed by atoms with Gasteiger partial charge in [-0.25, -0.2) is 0 Å². The first-order chi connectivity index (χ1) is 39.5. The summed E-state index contributed by atoms with van der Waals surface area (Å²) in [6.07, 6.45) is 12.3. The molecule has 3 aliphatic carbocycles. The summed E-state index contributed by atoms with van der Waals surface area (Å²) in [7, 11) is 0. The van der Waals surface area contributed by atoms with Crippen molar-refractivity contribution in [2.45, 2.75) is 44.4 Å². The minimum absolute atomic E-state index is 0. The van der Waals surface area contributed by atoms with Crippen LogP contribution in [-0.4, -0.2) is 15.0 Å². The van der Waals surface area contributed by atoms with Gasteiger partial charge in [0.2, 0.25) is 0 Å². The van der Waals surface area contributed by atoms with Gasteiger partial charge in [0.05, 0.1) is 0 Å². The Morgan fingerprint density at radius 1 is 0.333 bits per heavy atom. The van der Waals surface area contributed by atoms with Gasteiger partial charge in [-0.1, -0.05) is 210 Å². The van der Waals surface area contributed by atoms with Gasteiger partial charge in [0.15, 0.2) is 0 Å². The van der Waals surface area contributed by atoms with E-state index in [1.165, 1.54) is 48.8 Å². The smallest absolute Gasteiger partial charge is 0.305 e. The van der Waals surface area contributed by atoms with Crippen molar-refractivity contribution < 1.29 is 20.1 Å². The van der Waals surface area contributed by atoms with Crippen LogP contribution in [0, 0.1) is 23.6 Å². The van der Waals surface area contributed by atoms with Crippen LogP contribution in [0.3, 0.4) is 0 Å². The summed E-state index contributed by atoms with van der Waals surface area (Å²) in [6.45, 7) is 2.33. The minimum Gasteiger partial charge on any atom is -0.305 e. The molecule has 3 aromatic heterocycles. The minimum atomic E-state index is 0. The number of benzene rings is 9. The molecule has 4 heteroatoms. The summed E-state index contributed by atoms with van der Waals surface area (Å²) in [5, 5.41) is 0. The molecule has 0 N–H and O–H groups in total. The largest absolute Gasteiger partial charge is 3.00 e. The molecule has 15 rings (SSSR count). The second-order valence-corrected chi connectivity index (χ2v) is 22.0. The van der Waals surface area contributed by atoms with Crippen LogP contribution in [0.1, 0.15) is 44.6 Å². The fraction of sp³-hybridized carbons (Fsp3) is 0.104. The summed E-state index contributed by atoms with van der Waals surface area (Å²) in [5.41, 5.74) is 26.1. The number of hydrogen-bond donors (Lipinski definition) is 0. The van der Waals surface area contributed by atoms with E-state index in [1.807, 2.05) is 67.1 Å². The van der Waals surface area contributed by atoms with E-state index >= 15 is 0 Å². The molecule has 0 unspecified atom stereocenters. The summed E-state index contributed by atoms with van der Waals surface area (Å²) < 4.78 is 0. The molecule has 0 atom stereocenters. The van der Waals surface area contributed by atoms with E-state index < -0.39 is 0 Å². The molecule has 0 amide bonds. The zero-order valence-corrected chi connectivity index (χ0v) is 47.4. The van der Waals surface area contributed by atoms with Crippen LogP contribution in [0.4, 0.5) is 0 Å². The number of nitrogens with zero attached hydrogens (tertiary/aromatic N) is 3. The molecule has 0 spiro atoms. The molecule has 81 heavy (non-hydrogen) atoms. The molecule has 0 radical (unpaired) electrons. The first-order valence-electron chi connectivity index (χ1n) is 28.0. The first kappa shape index (κ1) is 51.5. The Balaban J connectivity index is 0.00000618. The Kier molecular flexibility index (Phi) is 14.0. The van der Waals surface area contributed by atoms with Crippen LogP contribution in [0.5, 0.6) is 0 Å². The molecular weight excluding hydrogens is 1160 g/mol. The maximum Gasteiger partial charge on any atom is 3.00 e. The van der Waals surface area contributed by atoms with Crippen LogP contribution in [0.2, 0.25) is 0 Å². The standard InChI is InChI=1S/C77H56N3.Ir/c1-2-42-76-50-77(51-76,52-76)64-39-36-54(37-40-64)53-24-26-57(27-25-53)72-49-60(75-23-11-14-45-80-75)38-41-71(72)70-20-8-7-19-69(70)63-47-61(67-17-5-3-15-65(67)55-28-32-58(33-29-55)73-21-9-12-43-78-73)46-62(48-63)68-18-6-4-16-66(68)56-30-34-59(35-31-56)74-22-10-13-44-79-74;/h3-32,34,36-37,39-41,43-49H,2,42,50-52H2,1H3;/q-3;+3. The fourth-order valence-corrected chi connectivity index (χ4v) is 13.2. The summed E-state index contributed by atoms with van der Waals surface area (Å²) in [6, 6.07) is 98.1. The van der Waals surface area contributed by atoms with Crippen LogP contribution >= 0.6 is 0 Å². The van der Waals surface area contributed by atoms with Gasteiger partial charge in [0.25, 0.3) is 0 Å². The molecule has 12 aromatic rings. The first-order valence-corrected chi connectivity index (χ1v) is 28.0. The Bertz CT molecular complexity index is 4010. The Morgan fingerprint density at radius 3 is 1.15 bits per heavy atom. The van der Waals surface area contributed by atoms with E-state index in [-0.39, 0.29) is 20.1 Å². The van der Waals surface area contributed by atoms with E-state index in [9.17, 15) is 0 Å². The van der Waals surface area contributed by atoms with Gasteiger partial charge in [0.1, 0.15) is 0 Å². The van der Waals surface area contributed by atoms with E-state index in [1.54, 1.807) is 0 Å². The van der Waals surface area contributed by atoms with Gasteiger partial charge in [-0.2, -0.15) is 0 Å². The van der Waals surface area contributed by atoms with Crippen molar-refractivity contribution in [3.05, 3.63) is 285 Å². The molecule has 0 aliphatic heterocycles. The Morgan fingerprint density at radius 2 is 0.716 bits per heavy atom. The van der Waals surface area contributed by atoms with Gasteiger partial charge in [-0.3, -0.25) is 0 Å². The van der Waals surface area contributed by atoms with E-state index in [4.69, 9.17) is 4.98 Å². The Labute approximate surface area is 489 Å². The molecule has 3 heterocycles. The second kappa shape index (κ2) is 22.0. The third-order valence-corrected chi connectivity index (χ3v) is 16.9. The number of aromatic nitrogens is 3. The van der Waals surface area contributed by atoms with Crippen LogP contribution in [0.25, 0.3) is 123 Å². The molecule has 3 nitrogen and oxygen atoms in total. The maximum atomic E-state index is 4.79. The van der Waals surface area contributed by atoms with Gasteiger partial charge < -0.3 is 15.0 Å². The fourth-order valence-electron chi connectivity index (χ4n) is 13.2. The number of rotatable bonds is 14. The summed E-state index contributed by atoms with van der Waals surface area (Å²) >= 11 is 0. The van der Waals surface area contributed by atoms with Crippen molar-refractivity contribution in [2.24, 2.45) is 5.41 Å². The molecule has 0 saturated heterocycles. The van der Waals surface area contributed by atoms with Crippen molar-refractivity contribution in [1.82, 2.24) is 15.0 Å². The van der Waals surface area contributed by atoms with Crippen LogP contribution in [-0.2, 0) is 25.5 Å². The maximum absolute atomic E-state index is 4.79. The van der Waals surface area contributed by atoms with Gasteiger partial charge >= 0.3 is 20.1 Å². The van der Waals surface area contributed by atoms with Crippen molar-refractivity contribution in [3.63, 3.8) is 0 Å². The van der Waals surface area contributed by atoms with E-state index in [2.05, 4.69) is 229 Å². The number of pyridine rings is 3. The molecule has 9 aromatic carbocycles. The average molecular weight is 1220 g/mol. The SMILES string of the molecule is CCCC12CC(c3ccc(-c4ccc(-c5cc(-c6ccccn6)[c-]cc5-c5ccccc5-c5cc(-c6ccccc6-c6c[c-]c(-c7ccccn7)cc6)cc(-c6ccccc6-c6c[c-]c(-c7ccccn7)cc6)c5)cc4)cc3)(C1)C2.[Ir+3]. The van der Waals surface area contributed by atoms with Crippen molar-refractivity contribution >= 4 is 0 Å². The van der Waals surface area contributed by atoms with Crippen molar-refractivity contribution in [1.29, 1.82) is 0 Å². The van der Waals surface area contributed by atoms with Crippen LogP contribution in [0.15, 0.2) is 261 Å². The van der Waals surface area contributed by atoms with Gasteiger partial charge in [-0.15, -0.1) is 83.4 Å². The normalized spacial score (nSPS) is 15.9. The van der Waals surface area contributed by atoms with Gasteiger partial charge in [0, 0.05) is 18.6 Å². The molecule has 3 saturated carbocycles. The average Bonchev–Trinajstić information content (AvgIpc) is 3.42. The topological polar surface area (TPSA) is 38.7 Å². The van der Waals surface area contributed by atoms with Crippen molar-refractivity contribution in [2.75, 3.05) is 0 Å². The zero-order chi connectivity index (χ0) is 53.5. The molecular formula is C77H56IrN3. The van der Waals surface area contributed by atoms with E-state index in [0.29, 0.717) is 10.8 Å². The quantitative estimate of drug-likeness (QED) is 0.102. The number of hydrogen-bond acceptors (Lipinski definition) is 3. The Hall–Kier alpha value is -8.92. The molecule has 3 aliphatic rings. The monoisotopic (exact) mass is 1220 g/mol. The summed E-state index contributed by atoms with van der Waals surface area (Å²) in [4.78, 5) is 14.0. The predicted octanol–water partition coefficient (Wildman–Crippen LogP) is 19.8. The van der Waals surface area contributed by atoms with Crippen LogP contribution < -0.4 is 0 Å². The van der Waals surface area contributed by atoms with Gasteiger partial charge in [-0.05, 0) is 146 Å². The molecule has 388 valence electrons. The molecule has 3 fully saturated rings. The third-order valence-electron chi connectivity index (χ3n) is 16.9. The predicted molar refractivity (Wildman–Crippen MR) is 329 cm³/mol. The van der Waals surface area contributed by atoms with E-state index in [0.717, 1.165) is 112 Å². The third kappa shape index (κ3) is 9.90. The summed E-state index contributed by atoms with van der Waals surface area (Å²) in [5.74, 6) is 0. The zero-order valence-electron chi connectivity index (χ0n) is 45.0. The second-order valence-electron chi connectivity index (χ2n) is 22.0. The molecule has 2 bridgehead atoms.